The molecular formula is C25H37IN6O5. The third-order valence-corrected chi connectivity index (χ3v) is 4.72. The van der Waals surface area contributed by atoms with Crippen LogP contribution in [-0.2, 0) is 26.1 Å². The summed E-state index contributed by atoms with van der Waals surface area (Å²) in [4.78, 5) is 48.8. The minimum Gasteiger partial charge on any atom is -1.00 e. The normalized spacial score (nSPS) is 11.4. The van der Waals surface area contributed by atoms with Crippen molar-refractivity contribution >= 4 is 30.0 Å². The van der Waals surface area contributed by atoms with Gasteiger partial charge in [0.25, 0.3) is 0 Å². The van der Waals surface area contributed by atoms with E-state index in [1.54, 1.807) is 76.1 Å². The molecular weight excluding hydrogens is 591 g/mol. The average Bonchev–Trinajstić information content (AvgIpc) is 2.83. The molecule has 0 aliphatic carbocycles. The molecule has 1 heterocycles. The number of carbonyl (C=O) groups excluding carboxylic acids is 3. The molecule has 0 saturated carbocycles. The molecule has 0 unspecified atom stereocenters. The Kier molecular flexibility index (Phi) is 16.1. The number of hydrogen-bond acceptors (Lipinski definition) is 8. The number of halogens is 1. The van der Waals surface area contributed by atoms with Gasteiger partial charge < -0.3 is 44.1 Å². The summed E-state index contributed by atoms with van der Waals surface area (Å²) in [5, 5.41) is 5.41. The third kappa shape index (κ3) is 13.8. The number of esters is 1. The smallest absolute Gasteiger partial charge is 0.338 e. The van der Waals surface area contributed by atoms with Gasteiger partial charge in [-0.05, 0) is 33.8 Å². The molecule has 0 spiro atoms. The molecule has 2 N–H and O–H groups in total. The lowest BCUT2D eigenvalue weighted by atomic mass is 10.1. The Hall–Kier alpha value is -2.96. The first kappa shape index (κ1) is 34.0. The number of carbonyl (C=O) groups is 3. The molecule has 0 aromatic carbocycles. The summed E-state index contributed by atoms with van der Waals surface area (Å²) in [7, 11) is 3.53. The molecule has 1 aromatic rings. The van der Waals surface area contributed by atoms with Gasteiger partial charge in [-0.15, -0.1) is 0 Å². The maximum Gasteiger partial charge on any atom is 0.338 e. The second kappa shape index (κ2) is 17.5. The van der Waals surface area contributed by atoms with E-state index in [4.69, 9.17) is 9.47 Å². The number of nitrogens with one attached hydrogen (secondary N) is 2. The Morgan fingerprint density at radius 1 is 1.00 bits per heavy atom. The van der Waals surface area contributed by atoms with Crippen molar-refractivity contribution in [2.24, 2.45) is 22.0 Å². The van der Waals surface area contributed by atoms with Crippen molar-refractivity contribution in [1.29, 1.82) is 0 Å². The van der Waals surface area contributed by atoms with Crippen molar-refractivity contribution in [3.05, 3.63) is 42.2 Å². The first-order chi connectivity index (χ1) is 17.0. The van der Waals surface area contributed by atoms with E-state index in [2.05, 4.69) is 31.6 Å². The molecule has 0 bridgehead atoms. The van der Waals surface area contributed by atoms with Crippen molar-refractivity contribution < 1.29 is 52.4 Å². The van der Waals surface area contributed by atoms with E-state index < -0.39 is 23.0 Å². The minimum atomic E-state index is -1.18. The molecule has 0 aliphatic rings. The Morgan fingerprint density at radius 2 is 1.54 bits per heavy atom. The molecule has 37 heavy (non-hydrogen) atoms. The van der Waals surface area contributed by atoms with E-state index in [9.17, 15) is 14.4 Å². The van der Waals surface area contributed by atoms with Gasteiger partial charge in [0.05, 0.1) is 31.3 Å². The van der Waals surface area contributed by atoms with Crippen LogP contribution in [0.5, 0.6) is 0 Å². The summed E-state index contributed by atoms with van der Waals surface area (Å²) < 4.78 is 12.3. The zero-order chi connectivity index (χ0) is 27.0. The summed E-state index contributed by atoms with van der Waals surface area (Å²) >= 11 is 0. The highest BCUT2D eigenvalue weighted by molar-refractivity contribution is 5.89. The SMILES string of the molecule is CN=C/C=C/COCCNC(=O)C(C)(C)N=C=NC(C)(C)C(=O)NCCOC(=O)c1cc[n+](C)cc1.[I-]. The Balaban J connectivity index is 0.0000130. The van der Waals surface area contributed by atoms with Gasteiger partial charge in [-0.1, -0.05) is 6.08 Å². The predicted molar refractivity (Wildman–Crippen MR) is 136 cm³/mol. The number of allylic oxidation sites excluding steroid dienone is 1. The number of hydrogen-bond donors (Lipinski definition) is 2. The summed E-state index contributed by atoms with van der Waals surface area (Å²) in [5.74, 6) is -1.19. The fourth-order valence-corrected chi connectivity index (χ4v) is 2.43. The van der Waals surface area contributed by atoms with Crippen molar-refractivity contribution in [2.45, 2.75) is 38.8 Å². The predicted octanol–water partition coefficient (Wildman–Crippen LogP) is -2.09. The van der Waals surface area contributed by atoms with Crippen LogP contribution in [-0.4, -0.2) is 81.0 Å². The summed E-state index contributed by atoms with van der Waals surface area (Å²) in [6.45, 7) is 7.64. The molecule has 0 saturated heterocycles. The second-order valence-electron chi connectivity index (χ2n) is 8.75. The number of aliphatic imine (C=N–C) groups is 3. The monoisotopic (exact) mass is 628 g/mol. The number of pyridine rings is 1. The van der Waals surface area contributed by atoms with Crippen LogP contribution in [0.25, 0.3) is 0 Å². The molecule has 204 valence electrons. The molecule has 12 heteroatoms. The van der Waals surface area contributed by atoms with E-state index in [0.29, 0.717) is 25.3 Å². The number of ether oxygens (including phenoxy) is 2. The molecule has 2 amide bonds. The second-order valence-corrected chi connectivity index (χ2v) is 8.75. The topological polar surface area (TPSA) is 135 Å². The van der Waals surface area contributed by atoms with Gasteiger partial charge in [-0.25, -0.2) is 19.3 Å². The third-order valence-electron chi connectivity index (χ3n) is 4.72. The van der Waals surface area contributed by atoms with Crippen molar-refractivity contribution in [1.82, 2.24) is 10.6 Å². The average molecular weight is 629 g/mol. The quantitative estimate of drug-likeness (QED) is 0.0802. The van der Waals surface area contributed by atoms with Crippen LogP contribution >= 0.6 is 0 Å². The van der Waals surface area contributed by atoms with E-state index in [-0.39, 0.29) is 43.0 Å². The van der Waals surface area contributed by atoms with Gasteiger partial charge in [0.15, 0.2) is 12.4 Å². The standard InChI is InChI=1S/C25H36N6O5.HI/c1-24(2,22(33)27-12-17-35-16-8-7-11-26-5)29-19-30-25(3,4)23(34)28-13-18-36-21(32)20-9-14-31(6)15-10-20;/h7-11,14-15H,12-13,16-18H2,1-6H3,(H-,27,28,33,34);1H/b8-7+,26-11?;. The molecule has 0 fully saturated rings. The van der Waals surface area contributed by atoms with Crippen LogP contribution in [0.1, 0.15) is 38.1 Å². The number of rotatable bonds is 14. The Morgan fingerprint density at radius 3 is 2.08 bits per heavy atom. The van der Waals surface area contributed by atoms with Crippen LogP contribution in [0.3, 0.4) is 0 Å². The van der Waals surface area contributed by atoms with Gasteiger partial charge in [-0.2, -0.15) is 0 Å². The van der Waals surface area contributed by atoms with Crippen LogP contribution in [0.15, 0.2) is 51.7 Å². The van der Waals surface area contributed by atoms with Crippen molar-refractivity contribution in [2.75, 3.05) is 40.0 Å². The molecule has 1 aromatic heterocycles. The zero-order valence-electron chi connectivity index (χ0n) is 22.3. The minimum absolute atomic E-state index is 0. The van der Waals surface area contributed by atoms with Gasteiger partial charge >= 0.3 is 5.97 Å². The van der Waals surface area contributed by atoms with Gasteiger partial charge in [0.2, 0.25) is 11.8 Å². The Bertz CT molecular complexity index is 999. The van der Waals surface area contributed by atoms with Crippen molar-refractivity contribution in [3.63, 3.8) is 0 Å². The number of amides is 2. The van der Waals surface area contributed by atoms with Gasteiger partial charge in [0.1, 0.15) is 24.7 Å². The van der Waals surface area contributed by atoms with E-state index in [1.807, 2.05) is 13.1 Å². The lowest BCUT2D eigenvalue weighted by Gasteiger charge is -2.19. The first-order valence-corrected chi connectivity index (χ1v) is 11.5. The number of aryl methyl sites for hydroxylation is 1. The molecule has 11 nitrogen and oxygen atoms in total. The van der Waals surface area contributed by atoms with Gasteiger partial charge in [0, 0.05) is 31.9 Å². The molecule has 0 atom stereocenters. The van der Waals surface area contributed by atoms with E-state index in [1.165, 1.54) is 0 Å². The number of aromatic nitrogens is 1. The summed E-state index contributed by atoms with van der Waals surface area (Å²) in [6, 6.07) is 5.78. The molecule has 0 radical (unpaired) electrons. The van der Waals surface area contributed by atoms with E-state index in [0.717, 1.165) is 0 Å². The van der Waals surface area contributed by atoms with Crippen LogP contribution in [0.2, 0.25) is 0 Å². The largest absolute Gasteiger partial charge is 1.00 e. The van der Waals surface area contributed by atoms with Crippen molar-refractivity contribution in [3.8, 4) is 0 Å². The Labute approximate surface area is 235 Å². The maximum absolute atomic E-state index is 12.5. The summed E-state index contributed by atoms with van der Waals surface area (Å²) in [5.41, 5.74) is -1.89. The lowest BCUT2D eigenvalue weighted by Crippen LogP contribution is -3.00. The fourth-order valence-electron chi connectivity index (χ4n) is 2.43. The van der Waals surface area contributed by atoms with E-state index >= 15 is 0 Å². The number of nitrogens with zero attached hydrogens (tertiary/aromatic N) is 4. The lowest BCUT2D eigenvalue weighted by molar-refractivity contribution is -0.671. The molecule has 0 aliphatic heterocycles. The summed E-state index contributed by atoms with van der Waals surface area (Å²) in [6.07, 6.45) is 8.73. The molecule has 1 rings (SSSR count). The fraction of sp³-hybridized carbons (Fsp3) is 0.520. The zero-order valence-corrected chi connectivity index (χ0v) is 24.4. The van der Waals surface area contributed by atoms with Crippen LogP contribution in [0.4, 0.5) is 0 Å². The van der Waals surface area contributed by atoms with Gasteiger partial charge in [-0.3, -0.25) is 14.6 Å². The van der Waals surface area contributed by atoms with Crippen LogP contribution < -0.4 is 39.2 Å². The maximum atomic E-state index is 12.5. The van der Waals surface area contributed by atoms with Crippen LogP contribution in [0, 0.1) is 0 Å². The highest BCUT2D eigenvalue weighted by atomic mass is 127. The highest BCUT2D eigenvalue weighted by Gasteiger charge is 2.28. The highest BCUT2D eigenvalue weighted by Crippen LogP contribution is 2.10. The first-order valence-electron chi connectivity index (χ1n) is 11.5.